The molecule has 0 radical (unpaired) electrons. The Labute approximate surface area is 175 Å². The van der Waals surface area contributed by atoms with Gasteiger partial charge in [-0.3, -0.25) is 9.79 Å². The van der Waals surface area contributed by atoms with Crippen molar-refractivity contribution in [3.8, 4) is 0 Å². The molecule has 7 nitrogen and oxygen atoms in total. The zero-order valence-electron chi connectivity index (χ0n) is 15.9. The highest BCUT2D eigenvalue weighted by Gasteiger charge is 2.20. The van der Waals surface area contributed by atoms with E-state index in [9.17, 15) is 4.79 Å². The van der Waals surface area contributed by atoms with Crippen LogP contribution in [-0.2, 0) is 6.42 Å². The van der Waals surface area contributed by atoms with Crippen LogP contribution in [-0.4, -0.2) is 40.0 Å². The maximum atomic E-state index is 11.8. The maximum absolute atomic E-state index is 11.8. The molecule has 0 saturated heterocycles. The van der Waals surface area contributed by atoms with Crippen molar-refractivity contribution in [2.24, 2.45) is 4.99 Å². The molecule has 0 spiro atoms. The highest BCUT2D eigenvalue weighted by Crippen LogP contribution is 2.36. The zero-order chi connectivity index (χ0) is 20.4. The van der Waals surface area contributed by atoms with Gasteiger partial charge in [-0.2, -0.15) is 0 Å². The van der Waals surface area contributed by atoms with Crippen LogP contribution in [0.4, 0.5) is 5.82 Å². The Morgan fingerprint density at radius 3 is 2.86 bits per heavy atom. The van der Waals surface area contributed by atoms with Crippen molar-refractivity contribution >= 4 is 63.2 Å². The third-order valence-corrected chi connectivity index (χ3v) is 6.35. The molecule has 1 N–H and O–H groups in total. The summed E-state index contributed by atoms with van der Waals surface area (Å²) in [4.78, 5) is 34.6. The SMILES string of the molecule is C=N/C=C\N(C)c1nc(Sc2nc3ccccc3s2)nc2[nH]c(CC)c(C=O)c12. The van der Waals surface area contributed by atoms with E-state index < -0.39 is 0 Å². The van der Waals surface area contributed by atoms with Crippen molar-refractivity contribution in [2.75, 3.05) is 11.9 Å². The molecule has 1 aromatic carbocycles. The lowest BCUT2D eigenvalue weighted by Gasteiger charge is -2.14. The van der Waals surface area contributed by atoms with Crippen LogP contribution in [0.3, 0.4) is 0 Å². The normalized spacial score (nSPS) is 11.5. The number of aryl methyl sites for hydroxylation is 1. The Balaban J connectivity index is 1.84. The summed E-state index contributed by atoms with van der Waals surface area (Å²) >= 11 is 3.00. The van der Waals surface area contributed by atoms with Crippen molar-refractivity contribution in [1.29, 1.82) is 0 Å². The van der Waals surface area contributed by atoms with Crippen LogP contribution < -0.4 is 4.90 Å². The van der Waals surface area contributed by atoms with Crippen LogP contribution >= 0.6 is 23.1 Å². The Kier molecular flexibility index (Phi) is 5.41. The molecule has 0 aliphatic heterocycles. The topological polar surface area (TPSA) is 87.1 Å². The Bertz CT molecular complexity index is 1210. The second-order valence-corrected chi connectivity index (χ2v) is 8.43. The van der Waals surface area contributed by atoms with Gasteiger partial charge in [0.15, 0.2) is 15.8 Å². The van der Waals surface area contributed by atoms with Crippen LogP contribution in [0.15, 0.2) is 51.2 Å². The summed E-state index contributed by atoms with van der Waals surface area (Å²) in [5, 5.41) is 1.25. The fourth-order valence-electron chi connectivity index (χ4n) is 3.03. The number of rotatable bonds is 7. The number of aldehydes is 1. The Morgan fingerprint density at radius 1 is 1.31 bits per heavy atom. The highest BCUT2D eigenvalue weighted by molar-refractivity contribution is 8.01. The lowest BCUT2D eigenvalue weighted by atomic mass is 10.1. The van der Waals surface area contributed by atoms with Crippen LogP contribution in [0.5, 0.6) is 0 Å². The van der Waals surface area contributed by atoms with Gasteiger partial charge in [0.1, 0.15) is 11.5 Å². The number of hydrogen-bond donors (Lipinski definition) is 1. The van der Waals surface area contributed by atoms with Gasteiger partial charge in [0.25, 0.3) is 0 Å². The van der Waals surface area contributed by atoms with Crippen LogP contribution in [0.1, 0.15) is 23.0 Å². The van der Waals surface area contributed by atoms with Gasteiger partial charge in [-0.25, -0.2) is 15.0 Å². The molecule has 0 fully saturated rings. The van der Waals surface area contributed by atoms with Gasteiger partial charge in [0, 0.05) is 30.7 Å². The number of aromatic amines is 1. The van der Waals surface area contributed by atoms with Gasteiger partial charge < -0.3 is 9.88 Å². The van der Waals surface area contributed by atoms with Crippen molar-refractivity contribution in [1.82, 2.24) is 19.9 Å². The number of aliphatic imine (C=N–C) groups is 1. The monoisotopic (exact) mass is 422 g/mol. The fraction of sp³-hybridized carbons (Fsp3) is 0.150. The maximum Gasteiger partial charge on any atom is 0.198 e. The summed E-state index contributed by atoms with van der Waals surface area (Å²) in [6.45, 7) is 5.46. The molecule has 3 aromatic heterocycles. The number of aromatic nitrogens is 4. The molecule has 0 amide bonds. The molecule has 29 heavy (non-hydrogen) atoms. The molecular weight excluding hydrogens is 404 g/mol. The van der Waals surface area contributed by atoms with Crippen molar-refractivity contribution in [2.45, 2.75) is 22.8 Å². The second-order valence-electron chi connectivity index (χ2n) is 6.18. The number of nitrogens with zero attached hydrogens (tertiary/aromatic N) is 5. The molecule has 146 valence electrons. The minimum atomic E-state index is 0.555. The number of hydrogen-bond acceptors (Lipinski definition) is 8. The Morgan fingerprint density at radius 2 is 2.14 bits per heavy atom. The second kappa shape index (κ2) is 8.14. The number of thiazole rings is 1. The number of H-pyrrole nitrogens is 1. The van der Waals surface area contributed by atoms with Gasteiger partial charge in [-0.05, 0) is 37.0 Å². The molecular formula is C20H18N6OS2. The molecule has 0 saturated carbocycles. The van der Waals surface area contributed by atoms with E-state index in [1.165, 1.54) is 11.8 Å². The summed E-state index contributed by atoms with van der Waals surface area (Å²) in [5.74, 6) is 0.622. The number of benzene rings is 1. The van der Waals surface area contributed by atoms with E-state index in [2.05, 4.69) is 26.7 Å². The molecule has 0 bridgehead atoms. The third kappa shape index (κ3) is 3.66. The number of carbonyl (C=O) groups excluding carboxylic acids is 1. The van der Waals surface area contributed by atoms with Crippen molar-refractivity contribution < 1.29 is 4.79 Å². The quantitative estimate of drug-likeness (QED) is 0.264. The van der Waals surface area contributed by atoms with Gasteiger partial charge in [-0.1, -0.05) is 19.1 Å². The number of fused-ring (bicyclic) bond motifs is 2. The number of nitrogens with one attached hydrogen (secondary N) is 1. The summed E-state index contributed by atoms with van der Waals surface area (Å²) in [5.41, 5.74) is 3.01. The largest absolute Gasteiger partial charge is 0.342 e. The zero-order valence-corrected chi connectivity index (χ0v) is 17.5. The van der Waals surface area contributed by atoms with Crippen LogP contribution in [0, 0.1) is 0 Å². The lowest BCUT2D eigenvalue weighted by Crippen LogP contribution is -2.11. The summed E-state index contributed by atoms with van der Waals surface area (Å²) in [6, 6.07) is 8.00. The molecule has 0 aliphatic carbocycles. The Hall–Kier alpha value is -3.04. The van der Waals surface area contributed by atoms with Crippen molar-refractivity contribution in [3.63, 3.8) is 0 Å². The number of para-hydroxylation sites is 1. The van der Waals surface area contributed by atoms with E-state index in [0.29, 0.717) is 34.0 Å². The van der Waals surface area contributed by atoms with E-state index >= 15 is 0 Å². The fourth-order valence-corrected chi connectivity index (χ4v) is 4.95. The first-order valence-corrected chi connectivity index (χ1v) is 10.5. The smallest absolute Gasteiger partial charge is 0.198 e. The van der Waals surface area contributed by atoms with E-state index in [0.717, 1.165) is 26.5 Å². The van der Waals surface area contributed by atoms with E-state index in [4.69, 9.17) is 4.98 Å². The predicted octanol–water partition coefficient (Wildman–Crippen LogP) is 4.70. The van der Waals surface area contributed by atoms with E-state index in [1.807, 2.05) is 38.2 Å². The molecule has 9 heteroatoms. The standard InChI is InChI=1S/C20H18N6OS2/c1-4-13-12(11-27)16-17(22-13)24-19(25-18(16)26(3)10-9-21-2)29-20-23-14-7-5-6-8-15(14)28-20/h5-11H,2,4H2,1,3H3,(H,22,24,25)/b10-9-. The predicted molar refractivity (Wildman–Crippen MR) is 119 cm³/mol. The molecule has 4 rings (SSSR count). The van der Waals surface area contributed by atoms with Gasteiger partial charge in [0.2, 0.25) is 0 Å². The van der Waals surface area contributed by atoms with E-state index in [1.54, 1.807) is 28.6 Å². The molecule has 3 heterocycles. The number of anilines is 1. The average molecular weight is 423 g/mol. The number of carbonyl (C=O) groups is 1. The molecule has 0 unspecified atom stereocenters. The van der Waals surface area contributed by atoms with E-state index in [-0.39, 0.29) is 0 Å². The minimum absolute atomic E-state index is 0.555. The molecule has 0 atom stereocenters. The lowest BCUT2D eigenvalue weighted by molar-refractivity contribution is 0.112. The summed E-state index contributed by atoms with van der Waals surface area (Å²) in [6.07, 6.45) is 4.86. The first-order valence-electron chi connectivity index (χ1n) is 8.91. The highest BCUT2D eigenvalue weighted by atomic mass is 32.2. The van der Waals surface area contributed by atoms with Gasteiger partial charge in [0.05, 0.1) is 15.6 Å². The third-order valence-electron chi connectivity index (χ3n) is 4.39. The van der Waals surface area contributed by atoms with Gasteiger partial charge in [-0.15, -0.1) is 11.3 Å². The molecule has 4 aromatic rings. The molecule has 0 aliphatic rings. The minimum Gasteiger partial charge on any atom is -0.342 e. The summed E-state index contributed by atoms with van der Waals surface area (Å²) < 4.78 is 1.98. The van der Waals surface area contributed by atoms with Crippen molar-refractivity contribution in [3.05, 3.63) is 47.9 Å². The first-order chi connectivity index (χ1) is 14.1. The van der Waals surface area contributed by atoms with Crippen LogP contribution in [0.25, 0.3) is 21.3 Å². The van der Waals surface area contributed by atoms with Gasteiger partial charge >= 0.3 is 0 Å². The van der Waals surface area contributed by atoms with Crippen LogP contribution in [0.2, 0.25) is 0 Å². The average Bonchev–Trinajstić information content (AvgIpc) is 3.31. The first kappa shape index (κ1) is 19.3. The summed E-state index contributed by atoms with van der Waals surface area (Å²) in [7, 11) is 1.85.